The van der Waals surface area contributed by atoms with E-state index in [9.17, 15) is 22.0 Å². The molecule has 0 radical (unpaired) electrons. The number of sulfonamides is 1. The second kappa shape index (κ2) is 8.72. The van der Waals surface area contributed by atoms with Crippen LogP contribution in [-0.4, -0.2) is 32.7 Å². The molecule has 1 atom stereocenters. The fraction of sp³-hybridized carbons (Fsp3) is 0.200. The summed E-state index contributed by atoms with van der Waals surface area (Å²) in [4.78, 5) is 16.6. The molecule has 2 N–H and O–H groups in total. The summed E-state index contributed by atoms with van der Waals surface area (Å²) in [6.45, 7) is 1.51. The molecule has 0 spiro atoms. The predicted octanol–water partition coefficient (Wildman–Crippen LogP) is 3.49. The molecule has 1 unspecified atom stereocenters. The lowest BCUT2D eigenvalue weighted by molar-refractivity contribution is 0.0934. The molecule has 1 amide bonds. The van der Waals surface area contributed by atoms with Crippen LogP contribution in [0.5, 0.6) is 5.75 Å². The molecular weight excluding hydrogens is 432 g/mol. The summed E-state index contributed by atoms with van der Waals surface area (Å²) in [5.41, 5.74) is -0.117. The van der Waals surface area contributed by atoms with Crippen LogP contribution in [0.4, 0.5) is 14.5 Å². The number of ether oxygens (including phenoxy) is 1. The predicted molar refractivity (Wildman–Crippen MR) is 109 cm³/mol. The van der Waals surface area contributed by atoms with Crippen molar-refractivity contribution in [1.82, 2.24) is 10.3 Å². The van der Waals surface area contributed by atoms with Crippen molar-refractivity contribution in [3.05, 3.63) is 65.6 Å². The van der Waals surface area contributed by atoms with Crippen molar-refractivity contribution in [3.63, 3.8) is 0 Å². The summed E-state index contributed by atoms with van der Waals surface area (Å²) in [6, 6.07) is 7.98. The lowest BCUT2D eigenvalue weighted by Crippen LogP contribution is -2.27. The minimum Gasteiger partial charge on any atom is -0.497 e. The van der Waals surface area contributed by atoms with Gasteiger partial charge in [-0.3, -0.25) is 9.52 Å². The Morgan fingerprint density at radius 2 is 1.87 bits per heavy atom. The second-order valence-electron chi connectivity index (χ2n) is 6.70. The van der Waals surface area contributed by atoms with Crippen molar-refractivity contribution in [1.29, 1.82) is 0 Å². The first-order valence-electron chi connectivity index (χ1n) is 8.95. The maximum atomic E-state index is 14.2. The quantitative estimate of drug-likeness (QED) is 0.569. The number of halogens is 2. The Bertz CT molecular complexity index is 1200. The number of hydrogen-bond donors (Lipinski definition) is 2. The number of oxazole rings is 1. The first kappa shape index (κ1) is 22.2. The number of amides is 1. The fourth-order valence-corrected chi connectivity index (χ4v) is 3.31. The van der Waals surface area contributed by atoms with Crippen molar-refractivity contribution in [2.75, 3.05) is 18.1 Å². The van der Waals surface area contributed by atoms with Crippen LogP contribution < -0.4 is 14.8 Å². The highest BCUT2D eigenvalue weighted by atomic mass is 32.2. The van der Waals surface area contributed by atoms with E-state index < -0.39 is 39.3 Å². The molecule has 0 bridgehead atoms. The van der Waals surface area contributed by atoms with Gasteiger partial charge < -0.3 is 14.5 Å². The van der Waals surface area contributed by atoms with E-state index in [1.54, 1.807) is 29.0 Å². The molecule has 31 heavy (non-hydrogen) atoms. The molecule has 1 heterocycles. The third kappa shape index (κ3) is 5.37. The topological polar surface area (TPSA) is 111 Å². The molecule has 0 saturated heterocycles. The largest absolute Gasteiger partial charge is 0.497 e. The normalized spacial score (nSPS) is 12.3. The zero-order chi connectivity index (χ0) is 22.8. The van der Waals surface area contributed by atoms with Gasteiger partial charge in [0.25, 0.3) is 5.91 Å². The Hall–Kier alpha value is -3.47. The Morgan fingerprint density at radius 3 is 2.48 bits per heavy atom. The van der Waals surface area contributed by atoms with E-state index >= 15 is 0 Å². The number of anilines is 1. The Labute approximate surface area is 177 Å². The molecule has 1 aromatic heterocycles. The van der Waals surface area contributed by atoms with Gasteiger partial charge in [0.15, 0.2) is 17.3 Å². The summed E-state index contributed by atoms with van der Waals surface area (Å²) in [5, 5.41) is 2.56. The number of carbonyl (C=O) groups is 1. The van der Waals surface area contributed by atoms with Gasteiger partial charge in [0.1, 0.15) is 17.7 Å². The summed E-state index contributed by atoms with van der Waals surface area (Å²) >= 11 is 0. The van der Waals surface area contributed by atoms with E-state index in [0.717, 1.165) is 24.7 Å². The minimum absolute atomic E-state index is 0.0269. The molecule has 3 aromatic rings. The summed E-state index contributed by atoms with van der Waals surface area (Å²) in [6.07, 6.45) is 1.94. The number of nitrogens with one attached hydrogen (secondary N) is 2. The van der Waals surface area contributed by atoms with Crippen LogP contribution in [0.3, 0.4) is 0 Å². The van der Waals surface area contributed by atoms with E-state index in [2.05, 4.69) is 10.3 Å². The van der Waals surface area contributed by atoms with E-state index in [0.29, 0.717) is 11.3 Å². The molecule has 0 aliphatic heterocycles. The maximum Gasteiger partial charge on any atom is 0.273 e. The van der Waals surface area contributed by atoms with Gasteiger partial charge in [0.05, 0.1) is 19.4 Å². The van der Waals surface area contributed by atoms with Crippen LogP contribution in [0.25, 0.3) is 11.5 Å². The maximum absolute atomic E-state index is 14.2. The third-order valence-corrected chi connectivity index (χ3v) is 4.83. The number of methoxy groups -OCH3 is 1. The van der Waals surface area contributed by atoms with Crippen molar-refractivity contribution in [3.8, 4) is 17.2 Å². The highest BCUT2D eigenvalue weighted by Crippen LogP contribution is 2.26. The van der Waals surface area contributed by atoms with Gasteiger partial charge in [0, 0.05) is 5.56 Å². The van der Waals surface area contributed by atoms with Crippen LogP contribution in [0, 0.1) is 11.6 Å². The van der Waals surface area contributed by atoms with Crippen LogP contribution in [0.15, 0.2) is 47.1 Å². The number of carbonyl (C=O) groups excluding carboxylic acids is 1. The Kier molecular flexibility index (Phi) is 6.25. The van der Waals surface area contributed by atoms with Crippen LogP contribution >= 0.6 is 0 Å². The minimum atomic E-state index is -3.86. The van der Waals surface area contributed by atoms with Gasteiger partial charge in [-0.1, -0.05) is 6.07 Å². The van der Waals surface area contributed by atoms with Gasteiger partial charge in [-0.25, -0.2) is 22.2 Å². The van der Waals surface area contributed by atoms with E-state index in [-0.39, 0.29) is 17.1 Å². The van der Waals surface area contributed by atoms with Gasteiger partial charge in [-0.2, -0.15) is 0 Å². The molecule has 0 fully saturated rings. The molecule has 164 valence electrons. The first-order chi connectivity index (χ1) is 14.6. The van der Waals surface area contributed by atoms with E-state index in [4.69, 9.17) is 9.15 Å². The monoisotopic (exact) mass is 451 g/mol. The average Bonchev–Trinajstić information content (AvgIpc) is 3.20. The molecule has 3 rings (SSSR count). The Morgan fingerprint density at radius 1 is 1.19 bits per heavy atom. The lowest BCUT2D eigenvalue weighted by Gasteiger charge is -2.15. The summed E-state index contributed by atoms with van der Waals surface area (Å²) in [7, 11) is -2.34. The average molecular weight is 451 g/mol. The van der Waals surface area contributed by atoms with Crippen LogP contribution in [0.2, 0.25) is 0 Å². The smallest absolute Gasteiger partial charge is 0.273 e. The number of benzene rings is 2. The van der Waals surface area contributed by atoms with Gasteiger partial charge >= 0.3 is 0 Å². The van der Waals surface area contributed by atoms with Gasteiger partial charge in [-0.05, 0) is 42.8 Å². The SMILES string of the molecule is COc1cccc(-c2nc(C(=O)NC(C)c3cc(F)c(NS(C)(=O)=O)c(F)c3)co2)c1. The van der Waals surface area contributed by atoms with E-state index in [1.807, 2.05) is 0 Å². The zero-order valence-electron chi connectivity index (χ0n) is 16.8. The van der Waals surface area contributed by atoms with Gasteiger partial charge in [-0.15, -0.1) is 0 Å². The molecule has 11 heteroatoms. The molecule has 8 nitrogen and oxygen atoms in total. The second-order valence-corrected chi connectivity index (χ2v) is 8.45. The number of rotatable bonds is 7. The van der Waals surface area contributed by atoms with Crippen LogP contribution in [-0.2, 0) is 10.0 Å². The number of aromatic nitrogens is 1. The van der Waals surface area contributed by atoms with E-state index in [1.165, 1.54) is 14.0 Å². The summed E-state index contributed by atoms with van der Waals surface area (Å²) < 4.78 is 63.1. The molecule has 0 aliphatic rings. The first-order valence-corrected chi connectivity index (χ1v) is 10.8. The molecule has 0 saturated carbocycles. The molecular formula is C20H19F2N3O5S. The number of hydrogen-bond acceptors (Lipinski definition) is 6. The van der Waals surface area contributed by atoms with Crippen molar-refractivity contribution >= 4 is 21.6 Å². The highest BCUT2D eigenvalue weighted by molar-refractivity contribution is 7.92. The molecule has 0 aliphatic carbocycles. The number of nitrogens with zero attached hydrogens (tertiary/aromatic N) is 1. The lowest BCUT2D eigenvalue weighted by atomic mass is 10.1. The zero-order valence-corrected chi connectivity index (χ0v) is 17.6. The molecule has 2 aromatic carbocycles. The van der Waals surface area contributed by atoms with Gasteiger partial charge in [0.2, 0.25) is 15.9 Å². The standard InChI is InChI=1S/C20H19F2N3O5S/c1-11(13-8-15(21)18(16(22)9-13)25-31(3,27)28)23-19(26)17-10-30-20(24-17)12-5-4-6-14(7-12)29-2/h4-11,25H,1-3H3,(H,23,26). The van der Waals surface area contributed by atoms with Crippen molar-refractivity contribution < 1.29 is 31.1 Å². The summed E-state index contributed by atoms with van der Waals surface area (Å²) in [5.74, 6) is -2.05. The van der Waals surface area contributed by atoms with Crippen molar-refractivity contribution in [2.45, 2.75) is 13.0 Å². The fourth-order valence-electron chi connectivity index (χ4n) is 2.75. The van der Waals surface area contributed by atoms with Crippen LogP contribution in [0.1, 0.15) is 29.0 Å². The highest BCUT2D eigenvalue weighted by Gasteiger charge is 2.20. The Balaban J connectivity index is 1.76. The third-order valence-electron chi connectivity index (χ3n) is 4.25. The van der Waals surface area contributed by atoms with Crippen molar-refractivity contribution in [2.24, 2.45) is 0 Å².